The molecule has 0 aliphatic rings. The third-order valence-electron chi connectivity index (χ3n) is 3.70. The zero-order valence-corrected chi connectivity index (χ0v) is 13.4. The number of hydrogen-bond donors (Lipinski definition) is 2. The van der Waals surface area contributed by atoms with Gasteiger partial charge in [-0.25, -0.2) is 0 Å². The van der Waals surface area contributed by atoms with Crippen molar-refractivity contribution < 1.29 is 19.7 Å². The maximum absolute atomic E-state index is 10.7. The lowest BCUT2D eigenvalue weighted by Crippen LogP contribution is -1.99. The first-order valence-corrected chi connectivity index (χ1v) is 7.30. The van der Waals surface area contributed by atoms with E-state index in [9.17, 15) is 10.2 Å². The fourth-order valence-electron chi connectivity index (χ4n) is 2.61. The van der Waals surface area contributed by atoms with Crippen molar-refractivity contribution in [3.05, 3.63) is 35.4 Å². The molecular weight excluding hydrogens is 280 g/mol. The fourth-order valence-corrected chi connectivity index (χ4v) is 2.61. The first-order chi connectivity index (χ1) is 10.5. The number of rotatable bonds is 5. The zero-order valence-electron chi connectivity index (χ0n) is 13.4. The van der Waals surface area contributed by atoms with Crippen LogP contribution in [0.25, 0.3) is 11.1 Å². The minimum absolute atomic E-state index is 0.0425. The molecule has 4 nitrogen and oxygen atoms in total. The van der Waals surface area contributed by atoms with E-state index in [1.54, 1.807) is 0 Å². The highest BCUT2D eigenvalue weighted by atomic mass is 16.5. The quantitative estimate of drug-likeness (QED) is 0.875. The summed E-state index contributed by atoms with van der Waals surface area (Å²) in [7, 11) is 2.98. The number of phenolic OH excluding ortho intramolecular Hbond substituents is 2. The van der Waals surface area contributed by atoms with Gasteiger partial charge in [-0.05, 0) is 18.9 Å². The van der Waals surface area contributed by atoms with Gasteiger partial charge in [0.2, 0.25) is 5.75 Å². The van der Waals surface area contributed by atoms with Crippen LogP contribution in [-0.4, -0.2) is 24.4 Å². The lowest BCUT2D eigenvalue weighted by Gasteiger charge is -2.19. The third-order valence-corrected chi connectivity index (χ3v) is 3.70. The Hall–Kier alpha value is -2.36. The number of ether oxygens (including phenoxy) is 2. The second-order valence-corrected chi connectivity index (χ2v) is 5.23. The number of aryl methyl sites for hydroxylation is 1. The minimum Gasteiger partial charge on any atom is -0.507 e. The Morgan fingerprint density at radius 1 is 0.909 bits per heavy atom. The molecule has 2 aromatic carbocycles. The largest absolute Gasteiger partial charge is 0.507 e. The predicted molar refractivity (Wildman–Crippen MR) is 87.0 cm³/mol. The Morgan fingerprint density at radius 3 is 2.00 bits per heavy atom. The molecule has 0 unspecified atom stereocenters. The monoisotopic (exact) mass is 302 g/mol. The van der Waals surface area contributed by atoms with Crippen LogP contribution in [0, 0.1) is 6.92 Å². The summed E-state index contributed by atoms with van der Waals surface area (Å²) in [5.41, 5.74) is 2.87. The van der Waals surface area contributed by atoms with Crippen LogP contribution >= 0.6 is 0 Å². The summed E-state index contributed by atoms with van der Waals surface area (Å²) >= 11 is 0. The van der Waals surface area contributed by atoms with Crippen molar-refractivity contribution in [1.29, 1.82) is 0 Å². The van der Waals surface area contributed by atoms with E-state index in [-0.39, 0.29) is 17.2 Å². The van der Waals surface area contributed by atoms with E-state index >= 15 is 0 Å². The highest BCUT2D eigenvalue weighted by Crippen LogP contribution is 2.52. The van der Waals surface area contributed by atoms with Gasteiger partial charge in [-0.3, -0.25) is 0 Å². The standard InChI is InChI=1S/C18H22O4/c1-5-6-13-15(19)14(12-9-7-11(2)8-10-12)16(20)18(22-4)17(13)21-3/h7-10,19-20H,5-6H2,1-4H3. The molecule has 0 radical (unpaired) electrons. The Bertz CT molecular complexity index is 660. The van der Waals surface area contributed by atoms with Crippen LogP contribution in [0.15, 0.2) is 24.3 Å². The van der Waals surface area contributed by atoms with Gasteiger partial charge in [0, 0.05) is 5.56 Å². The number of hydrogen-bond acceptors (Lipinski definition) is 4. The minimum atomic E-state index is -0.111. The second kappa shape index (κ2) is 6.60. The van der Waals surface area contributed by atoms with Crippen LogP contribution in [0.1, 0.15) is 24.5 Å². The van der Waals surface area contributed by atoms with Crippen molar-refractivity contribution in [3.8, 4) is 34.1 Å². The molecule has 4 heteroatoms. The van der Waals surface area contributed by atoms with Crippen LogP contribution in [0.5, 0.6) is 23.0 Å². The summed E-state index contributed by atoms with van der Waals surface area (Å²) in [5.74, 6) is 0.566. The normalized spacial score (nSPS) is 10.5. The maximum atomic E-state index is 10.7. The average molecular weight is 302 g/mol. The van der Waals surface area contributed by atoms with Gasteiger partial charge < -0.3 is 19.7 Å². The molecule has 0 atom stereocenters. The molecule has 2 aromatic rings. The summed E-state index contributed by atoms with van der Waals surface area (Å²) < 4.78 is 10.7. The summed E-state index contributed by atoms with van der Waals surface area (Å²) in [6.07, 6.45) is 1.47. The van der Waals surface area contributed by atoms with Crippen LogP contribution in [0.4, 0.5) is 0 Å². The third kappa shape index (κ3) is 2.69. The van der Waals surface area contributed by atoms with Crippen molar-refractivity contribution in [2.24, 2.45) is 0 Å². The summed E-state index contributed by atoms with van der Waals surface area (Å²) in [4.78, 5) is 0. The lowest BCUT2D eigenvalue weighted by atomic mass is 9.96. The SMILES string of the molecule is CCCc1c(O)c(-c2ccc(C)cc2)c(O)c(OC)c1OC. The topological polar surface area (TPSA) is 58.9 Å². The summed E-state index contributed by atoms with van der Waals surface area (Å²) in [6.45, 7) is 4.00. The van der Waals surface area contributed by atoms with Crippen LogP contribution in [0.3, 0.4) is 0 Å². The number of aromatic hydroxyl groups is 2. The average Bonchev–Trinajstić information content (AvgIpc) is 2.51. The molecule has 22 heavy (non-hydrogen) atoms. The van der Waals surface area contributed by atoms with Crippen molar-refractivity contribution in [1.82, 2.24) is 0 Å². The second-order valence-electron chi connectivity index (χ2n) is 5.23. The van der Waals surface area contributed by atoms with Crippen molar-refractivity contribution in [2.75, 3.05) is 14.2 Å². The Labute approximate surface area is 130 Å². The first-order valence-electron chi connectivity index (χ1n) is 7.30. The number of methoxy groups -OCH3 is 2. The summed E-state index contributed by atoms with van der Waals surface area (Å²) in [6, 6.07) is 7.60. The molecular formula is C18H22O4. The summed E-state index contributed by atoms with van der Waals surface area (Å²) in [5, 5.41) is 21.2. The molecule has 0 saturated heterocycles. The number of phenols is 2. The van der Waals surface area contributed by atoms with Gasteiger partial charge in [0.05, 0.1) is 19.8 Å². The van der Waals surface area contributed by atoms with E-state index in [1.807, 2.05) is 38.1 Å². The van der Waals surface area contributed by atoms with Gasteiger partial charge in [0.15, 0.2) is 11.5 Å². The Morgan fingerprint density at radius 2 is 1.50 bits per heavy atom. The molecule has 118 valence electrons. The maximum Gasteiger partial charge on any atom is 0.204 e. The lowest BCUT2D eigenvalue weighted by molar-refractivity contribution is 0.326. The highest BCUT2D eigenvalue weighted by molar-refractivity contribution is 5.84. The molecule has 0 saturated carbocycles. The van der Waals surface area contributed by atoms with E-state index in [4.69, 9.17) is 9.47 Å². The smallest absolute Gasteiger partial charge is 0.204 e. The van der Waals surface area contributed by atoms with E-state index in [2.05, 4.69) is 0 Å². The van der Waals surface area contributed by atoms with Crippen LogP contribution in [0.2, 0.25) is 0 Å². The van der Waals surface area contributed by atoms with Crippen LogP contribution < -0.4 is 9.47 Å². The zero-order chi connectivity index (χ0) is 16.3. The molecule has 0 fully saturated rings. The highest BCUT2D eigenvalue weighted by Gasteiger charge is 2.25. The molecule has 0 amide bonds. The van der Waals surface area contributed by atoms with Crippen molar-refractivity contribution in [2.45, 2.75) is 26.7 Å². The van der Waals surface area contributed by atoms with Crippen molar-refractivity contribution in [3.63, 3.8) is 0 Å². The fraction of sp³-hybridized carbons (Fsp3) is 0.333. The predicted octanol–water partition coefficient (Wildman–Crippen LogP) is 4.04. The van der Waals surface area contributed by atoms with E-state index in [0.29, 0.717) is 23.3 Å². The molecule has 0 spiro atoms. The molecule has 0 heterocycles. The van der Waals surface area contributed by atoms with E-state index < -0.39 is 0 Å². The van der Waals surface area contributed by atoms with Crippen molar-refractivity contribution >= 4 is 0 Å². The van der Waals surface area contributed by atoms with Gasteiger partial charge in [-0.15, -0.1) is 0 Å². The molecule has 0 aliphatic carbocycles. The van der Waals surface area contributed by atoms with E-state index in [0.717, 1.165) is 17.5 Å². The van der Waals surface area contributed by atoms with Gasteiger partial charge in [-0.1, -0.05) is 43.2 Å². The Kier molecular flexibility index (Phi) is 4.81. The first kappa shape index (κ1) is 16.0. The van der Waals surface area contributed by atoms with Crippen LogP contribution in [-0.2, 0) is 6.42 Å². The molecule has 0 aromatic heterocycles. The molecule has 2 N–H and O–H groups in total. The van der Waals surface area contributed by atoms with E-state index in [1.165, 1.54) is 14.2 Å². The van der Waals surface area contributed by atoms with Gasteiger partial charge in [0.1, 0.15) is 5.75 Å². The Balaban J connectivity index is 2.78. The molecule has 2 rings (SSSR count). The van der Waals surface area contributed by atoms with Gasteiger partial charge >= 0.3 is 0 Å². The van der Waals surface area contributed by atoms with Gasteiger partial charge in [-0.2, -0.15) is 0 Å². The van der Waals surface area contributed by atoms with Gasteiger partial charge in [0.25, 0.3) is 0 Å². The number of benzene rings is 2. The molecule has 0 aliphatic heterocycles. The molecule has 0 bridgehead atoms.